The Morgan fingerprint density at radius 2 is 2.11 bits per heavy atom. The number of halogens is 1. The Kier molecular flexibility index (Phi) is 5.29. The minimum absolute atomic E-state index is 0.0915. The summed E-state index contributed by atoms with van der Waals surface area (Å²) in [6.07, 6.45) is 0.723. The predicted octanol–water partition coefficient (Wildman–Crippen LogP) is 3.97. The van der Waals surface area contributed by atoms with Crippen molar-refractivity contribution in [2.45, 2.75) is 26.0 Å². The summed E-state index contributed by atoms with van der Waals surface area (Å²) in [6, 6.07) is 12.7. The van der Waals surface area contributed by atoms with Crippen molar-refractivity contribution in [1.29, 1.82) is 0 Å². The van der Waals surface area contributed by atoms with Gasteiger partial charge in [-0.05, 0) is 42.5 Å². The molecule has 2 aromatic carbocycles. The third kappa shape index (κ3) is 4.17. The van der Waals surface area contributed by atoms with Crippen LogP contribution in [0, 0.1) is 6.92 Å². The minimum Gasteiger partial charge on any atom is -0.493 e. The second kappa shape index (κ2) is 8.02. The molecule has 1 unspecified atom stereocenters. The van der Waals surface area contributed by atoms with E-state index in [2.05, 4.69) is 31.4 Å². The number of carbonyl (C=O) groups excluding carboxylic acids is 1. The lowest BCUT2D eigenvalue weighted by Crippen LogP contribution is -2.32. The Bertz CT molecular complexity index is 987. The summed E-state index contributed by atoms with van der Waals surface area (Å²) < 4.78 is 17.1. The van der Waals surface area contributed by atoms with E-state index in [1.807, 2.05) is 18.2 Å². The van der Waals surface area contributed by atoms with Gasteiger partial charge in [-0.15, -0.1) is 0 Å². The summed E-state index contributed by atoms with van der Waals surface area (Å²) in [5.74, 6) is 2.26. The standard InChI is InChI=1S/C20H18BrN3O4/c1-12-22-19(24-28-12)11-27-15-5-2-13(3-6-15)20(25)23-17-8-9-26-18-7-4-14(21)10-16(17)18/h2-7,10,17H,8-9,11H2,1H3,(H,23,25). The van der Waals surface area contributed by atoms with Crippen LogP contribution in [0.15, 0.2) is 51.5 Å². The summed E-state index contributed by atoms with van der Waals surface area (Å²) in [7, 11) is 0. The van der Waals surface area contributed by atoms with Crippen molar-refractivity contribution < 1.29 is 18.8 Å². The molecule has 2 heterocycles. The van der Waals surface area contributed by atoms with Crippen LogP contribution in [0.1, 0.15) is 40.1 Å². The molecule has 0 bridgehead atoms. The Balaban J connectivity index is 1.40. The zero-order valence-corrected chi connectivity index (χ0v) is 16.7. The van der Waals surface area contributed by atoms with Crippen LogP contribution in [0.25, 0.3) is 0 Å². The first kappa shape index (κ1) is 18.5. The normalized spacial score (nSPS) is 15.4. The Hall–Kier alpha value is -2.87. The fourth-order valence-corrected chi connectivity index (χ4v) is 3.39. The number of amides is 1. The lowest BCUT2D eigenvalue weighted by molar-refractivity contribution is 0.0924. The number of nitrogens with one attached hydrogen (secondary N) is 1. The average Bonchev–Trinajstić information content (AvgIpc) is 3.12. The lowest BCUT2D eigenvalue weighted by Gasteiger charge is -2.27. The molecule has 0 spiro atoms. The van der Waals surface area contributed by atoms with E-state index in [1.54, 1.807) is 31.2 Å². The number of rotatable bonds is 5. The van der Waals surface area contributed by atoms with Crippen LogP contribution in [-0.2, 0) is 6.61 Å². The molecular formula is C20H18BrN3O4. The maximum Gasteiger partial charge on any atom is 0.251 e. The van der Waals surface area contributed by atoms with Gasteiger partial charge >= 0.3 is 0 Å². The van der Waals surface area contributed by atoms with Gasteiger partial charge in [-0.1, -0.05) is 21.1 Å². The quantitative estimate of drug-likeness (QED) is 0.641. The van der Waals surface area contributed by atoms with Gasteiger partial charge in [-0.25, -0.2) is 0 Å². The Morgan fingerprint density at radius 3 is 2.86 bits per heavy atom. The van der Waals surface area contributed by atoms with Crippen molar-refractivity contribution in [1.82, 2.24) is 15.5 Å². The highest BCUT2D eigenvalue weighted by molar-refractivity contribution is 9.10. The molecule has 1 N–H and O–H groups in total. The number of ether oxygens (including phenoxy) is 2. The molecular weight excluding hydrogens is 426 g/mol. The van der Waals surface area contributed by atoms with Crippen LogP contribution < -0.4 is 14.8 Å². The van der Waals surface area contributed by atoms with E-state index in [-0.39, 0.29) is 18.6 Å². The molecule has 1 amide bonds. The molecule has 0 fully saturated rings. The first-order valence-corrected chi connectivity index (χ1v) is 9.63. The van der Waals surface area contributed by atoms with Gasteiger partial charge in [-0.3, -0.25) is 4.79 Å². The molecule has 0 saturated heterocycles. The topological polar surface area (TPSA) is 86.5 Å². The molecule has 1 atom stereocenters. The number of benzene rings is 2. The molecule has 7 nitrogen and oxygen atoms in total. The van der Waals surface area contributed by atoms with Crippen molar-refractivity contribution in [2.24, 2.45) is 0 Å². The largest absolute Gasteiger partial charge is 0.493 e. The van der Waals surface area contributed by atoms with Crippen LogP contribution in [0.2, 0.25) is 0 Å². The molecule has 0 radical (unpaired) electrons. The summed E-state index contributed by atoms with van der Waals surface area (Å²) >= 11 is 3.47. The third-order valence-electron chi connectivity index (χ3n) is 4.37. The van der Waals surface area contributed by atoms with Crippen molar-refractivity contribution >= 4 is 21.8 Å². The maximum absolute atomic E-state index is 12.7. The molecule has 0 aliphatic carbocycles. The van der Waals surface area contributed by atoms with E-state index in [0.717, 1.165) is 22.2 Å². The van der Waals surface area contributed by atoms with Gasteiger partial charge in [0.1, 0.15) is 11.5 Å². The van der Waals surface area contributed by atoms with Crippen LogP contribution in [-0.4, -0.2) is 22.7 Å². The van der Waals surface area contributed by atoms with Crippen molar-refractivity contribution in [2.75, 3.05) is 6.61 Å². The van der Waals surface area contributed by atoms with Gasteiger partial charge < -0.3 is 19.3 Å². The fraction of sp³-hybridized carbons (Fsp3) is 0.250. The molecule has 1 aromatic heterocycles. The van der Waals surface area contributed by atoms with E-state index in [9.17, 15) is 4.79 Å². The zero-order chi connectivity index (χ0) is 19.5. The molecule has 1 aliphatic heterocycles. The van der Waals surface area contributed by atoms with Gasteiger partial charge in [0, 0.05) is 28.9 Å². The number of nitrogens with zero attached hydrogens (tertiary/aromatic N) is 2. The Morgan fingerprint density at radius 1 is 1.29 bits per heavy atom. The third-order valence-corrected chi connectivity index (χ3v) is 4.86. The van der Waals surface area contributed by atoms with Gasteiger partial charge in [0.25, 0.3) is 5.91 Å². The molecule has 4 rings (SSSR count). The van der Waals surface area contributed by atoms with Crippen molar-refractivity contribution in [3.8, 4) is 11.5 Å². The zero-order valence-electron chi connectivity index (χ0n) is 15.1. The average molecular weight is 444 g/mol. The van der Waals surface area contributed by atoms with Crippen molar-refractivity contribution in [3.05, 3.63) is 69.8 Å². The van der Waals surface area contributed by atoms with Crippen LogP contribution in [0.5, 0.6) is 11.5 Å². The van der Waals surface area contributed by atoms with Gasteiger partial charge in [0.2, 0.25) is 11.7 Å². The maximum atomic E-state index is 12.7. The van der Waals surface area contributed by atoms with E-state index in [0.29, 0.717) is 29.6 Å². The highest BCUT2D eigenvalue weighted by atomic mass is 79.9. The smallest absolute Gasteiger partial charge is 0.251 e. The van der Waals surface area contributed by atoms with Crippen molar-refractivity contribution in [3.63, 3.8) is 0 Å². The number of hydrogen-bond donors (Lipinski definition) is 1. The predicted molar refractivity (Wildman–Crippen MR) is 104 cm³/mol. The summed E-state index contributed by atoms with van der Waals surface area (Å²) in [5, 5.41) is 6.86. The highest BCUT2D eigenvalue weighted by Gasteiger charge is 2.23. The minimum atomic E-state index is -0.141. The summed E-state index contributed by atoms with van der Waals surface area (Å²) in [5.41, 5.74) is 1.54. The van der Waals surface area contributed by atoms with E-state index >= 15 is 0 Å². The monoisotopic (exact) mass is 443 g/mol. The fourth-order valence-electron chi connectivity index (χ4n) is 3.01. The molecule has 28 heavy (non-hydrogen) atoms. The molecule has 3 aromatic rings. The second-order valence-electron chi connectivity index (χ2n) is 6.39. The first-order chi connectivity index (χ1) is 13.6. The number of aromatic nitrogens is 2. The summed E-state index contributed by atoms with van der Waals surface area (Å²) in [6.45, 7) is 2.50. The van der Waals surface area contributed by atoms with Crippen LogP contribution in [0.3, 0.4) is 0 Å². The number of hydrogen-bond acceptors (Lipinski definition) is 6. The van der Waals surface area contributed by atoms with Crippen LogP contribution >= 0.6 is 15.9 Å². The van der Waals surface area contributed by atoms with E-state index in [1.165, 1.54) is 0 Å². The number of fused-ring (bicyclic) bond motifs is 1. The molecule has 1 aliphatic rings. The molecule has 8 heteroatoms. The molecule has 0 saturated carbocycles. The van der Waals surface area contributed by atoms with Crippen LogP contribution in [0.4, 0.5) is 0 Å². The second-order valence-corrected chi connectivity index (χ2v) is 7.30. The van der Waals surface area contributed by atoms with Gasteiger partial charge in [0.05, 0.1) is 12.6 Å². The van der Waals surface area contributed by atoms with E-state index < -0.39 is 0 Å². The highest BCUT2D eigenvalue weighted by Crippen LogP contribution is 2.34. The Labute approximate surface area is 170 Å². The summed E-state index contributed by atoms with van der Waals surface area (Å²) in [4.78, 5) is 16.7. The molecule has 144 valence electrons. The number of carbonyl (C=O) groups is 1. The first-order valence-electron chi connectivity index (χ1n) is 8.83. The number of aryl methyl sites for hydroxylation is 1. The van der Waals surface area contributed by atoms with E-state index in [4.69, 9.17) is 14.0 Å². The SMILES string of the molecule is Cc1nc(COc2ccc(C(=O)NC3CCOc4ccc(Br)cc43)cc2)no1. The van der Waals surface area contributed by atoms with Gasteiger partial charge in [-0.2, -0.15) is 4.98 Å². The van der Waals surface area contributed by atoms with Gasteiger partial charge in [0.15, 0.2) is 6.61 Å². The lowest BCUT2D eigenvalue weighted by atomic mass is 10.00.